The maximum Gasteiger partial charge on any atom is 0.313 e. The maximum atomic E-state index is 12.3. The van der Waals surface area contributed by atoms with E-state index in [2.05, 4.69) is 35.4 Å². The predicted molar refractivity (Wildman–Crippen MR) is 107 cm³/mol. The lowest BCUT2D eigenvalue weighted by Gasteiger charge is -2.19. The van der Waals surface area contributed by atoms with E-state index in [-0.39, 0.29) is 5.91 Å². The molecule has 0 atom stereocenters. The number of amides is 1. The topological polar surface area (TPSA) is 82.2 Å². The van der Waals surface area contributed by atoms with Crippen LogP contribution in [-0.4, -0.2) is 22.0 Å². The Bertz CT molecular complexity index is 984. The molecule has 0 aliphatic heterocycles. The van der Waals surface area contributed by atoms with Crippen LogP contribution >= 0.6 is 0 Å². The van der Waals surface area contributed by atoms with Gasteiger partial charge in [-0.05, 0) is 62.6 Å². The molecule has 3 aromatic rings. The number of benzene rings is 2. The van der Waals surface area contributed by atoms with Crippen molar-refractivity contribution in [3.63, 3.8) is 0 Å². The monoisotopic (exact) mass is 364 g/mol. The van der Waals surface area contributed by atoms with E-state index in [0.717, 1.165) is 16.5 Å². The van der Waals surface area contributed by atoms with Gasteiger partial charge in [0.25, 0.3) is 0 Å². The number of carboxylic acids is 1. The van der Waals surface area contributed by atoms with Gasteiger partial charge in [-0.2, -0.15) is 0 Å². The third-order valence-corrected chi connectivity index (χ3v) is 4.97. The fourth-order valence-electron chi connectivity index (χ4n) is 3.06. The van der Waals surface area contributed by atoms with Crippen molar-refractivity contribution in [3.8, 4) is 0 Å². The fraction of sp³-hybridized carbons (Fsp3) is 0.273. The van der Waals surface area contributed by atoms with Crippen molar-refractivity contribution in [2.75, 3.05) is 5.32 Å². The van der Waals surface area contributed by atoms with Crippen molar-refractivity contribution in [2.45, 2.75) is 39.0 Å². The lowest BCUT2D eigenvalue weighted by Crippen LogP contribution is -2.28. The summed E-state index contributed by atoms with van der Waals surface area (Å²) in [5.74, 6) is -0.949. The SMILES string of the molecule is Cc1ccc2[nH]cc(CCC(=O)Nc3ccc(C(C)(C)C(=O)O)cc3)c2c1. The first kappa shape index (κ1) is 18.7. The summed E-state index contributed by atoms with van der Waals surface area (Å²) >= 11 is 0. The number of aryl methyl sites for hydroxylation is 2. The first-order chi connectivity index (χ1) is 12.8. The molecule has 140 valence electrons. The molecule has 0 aliphatic rings. The van der Waals surface area contributed by atoms with E-state index in [4.69, 9.17) is 0 Å². The molecule has 0 fully saturated rings. The Morgan fingerprint density at radius 1 is 1.11 bits per heavy atom. The molecule has 27 heavy (non-hydrogen) atoms. The van der Waals surface area contributed by atoms with Crippen LogP contribution in [-0.2, 0) is 21.4 Å². The molecule has 0 spiro atoms. The van der Waals surface area contributed by atoms with Crippen molar-refractivity contribution in [3.05, 3.63) is 65.4 Å². The van der Waals surface area contributed by atoms with Gasteiger partial charge >= 0.3 is 5.97 Å². The van der Waals surface area contributed by atoms with Gasteiger partial charge in [0.1, 0.15) is 0 Å². The minimum absolute atomic E-state index is 0.0674. The standard InChI is InChI=1S/C22H24N2O3/c1-14-4-10-19-18(12-14)15(13-23-19)5-11-20(25)24-17-8-6-16(7-9-17)22(2,3)21(26)27/h4,6-10,12-13,23H,5,11H2,1-3H3,(H,24,25)(H,26,27). The Hall–Kier alpha value is -3.08. The Labute approximate surface area is 158 Å². The van der Waals surface area contributed by atoms with Gasteiger partial charge in [-0.15, -0.1) is 0 Å². The molecule has 0 aliphatic carbocycles. The molecule has 5 nitrogen and oxygen atoms in total. The van der Waals surface area contributed by atoms with Crippen molar-refractivity contribution in [1.29, 1.82) is 0 Å². The van der Waals surface area contributed by atoms with Gasteiger partial charge in [0, 0.05) is 29.2 Å². The highest BCUT2D eigenvalue weighted by Gasteiger charge is 2.29. The highest BCUT2D eigenvalue weighted by Crippen LogP contribution is 2.25. The summed E-state index contributed by atoms with van der Waals surface area (Å²) in [5, 5.41) is 13.3. The molecule has 1 amide bonds. The lowest BCUT2D eigenvalue weighted by molar-refractivity contribution is -0.142. The average Bonchev–Trinajstić information content (AvgIpc) is 3.02. The van der Waals surface area contributed by atoms with E-state index in [1.165, 1.54) is 5.56 Å². The fourth-order valence-corrected chi connectivity index (χ4v) is 3.06. The summed E-state index contributed by atoms with van der Waals surface area (Å²) in [7, 11) is 0. The molecule has 1 heterocycles. The van der Waals surface area contributed by atoms with Crippen LogP contribution in [0.15, 0.2) is 48.7 Å². The maximum absolute atomic E-state index is 12.3. The number of aliphatic carboxylic acids is 1. The molecular weight excluding hydrogens is 340 g/mol. The summed E-state index contributed by atoms with van der Waals surface area (Å²) in [6, 6.07) is 13.2. The number of rotatable bonds is 6. The van der Waals surface area contributed by atoms with Gasteiger partial charge in [0.2, 0.25) is 5.91 Å². The normalized spacial score (nSPS) is 11.5. The van der Waals surface area contributed by atoms with Gasteiger partial charge in [-0.1, -0.05) is 23.8 Å². The lowest BCUT2D eigenvalue weighted by atomic mass is 9.85. The second-order valence-electron chi connectivity index (χ2n) is 7.42. The zero-order valence-electron chi connectivity index (χ0n) is 15.8. The first-order valence-electron chi connectivity index (χ1n) is 8.98. The van der Waals surface area contributed by atoms with Gasteiger partial charge in [0.05, 0.1) is 5.41 Å². The zero-order valence-corrected chi connectivity index (χ0v) is 15.8. The van der Waals surface area contributed by atoms with Crippen molar-refractivity contribution >= 4 is 28.5 Å². The summed E-state index contributed by atoms with van der Waals surface area (Å²) < 4.78 is 0. The van der Waals surface area contributed by atoms with E-state index >= 15 is 0 Å². The van der Waals surface area contributed by atoms with Crippen LogP contribution in [0.3, 0.4) is 0 Å². The molecule has 0 saturated heterocycles. The second kappa shape index (κ2) is 7.27. The molecule has 1 aromatic heterocycles. The number of hydrogen-bond acceptors (Lipinski definition) is 2. The third-order valence-electron chi connectivity index (χ3n) is 4.97. The second-order valence-corrected chi connectivity index (χ2v) is 7.42. The number of aromatic nitrogens is 1. The van der Waals surface area contributed by atoms with Crippen LogP contribution in [0.4, 0.5) is 5.69 Å². The summed E-state index contributed by atoms with van der Waals surface area (Å²) in [4.78, 5) is 26.8. The van der Waals surface area contributed by atoms with Crippen LogP contribution < -0.4 is 5.32 Å². The highest BCUT2D eigenvalue weighted by atomic mass is 16.4. The molecule has 3 rings (SSSR count). The van der Waals surface area contributed by atoms with E-state index in [0.29, 0.717) is 24.1 Å². The molecule has 2 aromatic carbocycles. The van der Waals surface area contributed by atoms with Gasteiger partial charge < -0.3 is 15.4 Å². The summed E-state index contributed by atoms with van der Waals surface area (Å²) in [6.45, 7) is 5.37. The van der Waals surface area contributed by atoms with Crippen LogP contribution in [0.5, 0.6) is 0 Å². The largest absolute Gasteiger partial charge is 0.481 e. The minimum atomic E-state index is -0.962. The predicted octanol–water partition coefficient (Wildman–Crippen LogP) is 4.41. The summed E-state index contributed by atoms with van der Waals surface area (Å²) in [6.07, 6.45) is 2.99. The number of carbonyl (C=O) groups excluding carboxylic acids is 1. The first-order valence-corrected chi connectivity index (χ1v) is 8.98. The molecule has 0 bridgehead atoms. The Morgan fingerprint density at radius 3 is 2.48 bits per heavy atom. The van der Waals surface area contributed by atoms with Gasteiger partial charge in [-0.25, -0.2) is 0 Å². The van der Waals surface area contributed by atoms with Crippen molar-refractivity contribution in [2.24, 2.45) is 0 Å². The quantitative estimate of drug-likeness (QED) is 0.606. The van der Waals surface area contributed by atoms with Crippen molar-refractivity contribution < 1.29 is 14.7 Å². The van der Waals surface area contributed by atoms with Crippen LogP contribution in [0, 0.1) is 6.92 Å². The number of aromatic amines is 1. The molecular formula is C22H24N2O3. The average molecular weight is 364 g/mol. The Morgan fingerprint density at radius 2 is 1.81 bits per heavy atom. The molecule has 0 radical (unpaired) electrons. The van der Waals surface area contributed by atoms with E-state index in [1.54, 1.807) is 38.1 Å². The van der Waals surface area contributed by atoms with Crippen LogP contribution in [0.2, 0.25) is 0 Å². The van der Waals surface area contributed by atoms with E-state index in [9.17, 15) is 14.7 Å². The van der Waals surface area contributed by atoms with Crippen molar-refractivity contribution in [1.82, 2.24) is 4.98 Å². The van der Waals surface area contributed by atoms with Crippen LogP contribution in [0.25, 0.3) is 10.9 Å². The highest BCUT2D eigenvalue weighted by molar-refractivity contribution is 5.92. The van der Waals surface area contributed by atoms with Gasteiger partial charge in [-0.3, -0.25) is 9.59 Å². The van der Waals surface area contributed by atoms with Gasteiger partial charge in [0.15, 0.2) is 0 Å². The zero-order chi connectivity index (χ0) is 19.6. The molecule has 0 unspecified atom stereocenters. The number of carboxylic acid groups (broad SMARTS) is 1. The number of carbonyl (C=O) groups is 2. The third kappa shape index (κ3) is 4.03. The van der Waals surface area contributed by atoms with Crippen LogP contribution in [0.1, 0.15) is 37.0 Å². The van der Waals surface area contributed by atoms with E-state index in [1.807, 2.05) is 6.20 Å². The van der Waals surface area contributed by atoms with E-state index < -0.39 is 11.4 Å². The molecule has 5 heteroatoms. The molecule has 0 saturated carbocycles. The smallest absolute Gasteiger partial charge is 0.313 e. The number of anilines is 1. The Kier molecular flexibility index (Phi) is 5.04. The number of nitrogens with one attached hydrogen (secondary N) is 2. The number of fused-ring (bicyclic) bond motifs is 1. The number of H-pyrrole nitrogens is 1. The number of hydrogen-bond donors (Lipinski definition) is 3. The summed E-state index contributed by atoms with van der Waals surface area (Å²) in [5.41, 5.74) is 3.80. The Balaban J connectivity index is 1.62. The minimum Gasteiger partial charge on any atom is -0.481 e. The molecule has 3 N–H and O–H groups in total.